The predicted octanol–water partition coefficient (Wildman–Crippen LogP) is -1.82. The van der Waals surface area contributed by atoms with Gasteiger partial charge in [-0.25, -0.2) is 14.3 Å². The molecule has 0 saturated carbocycles. The van der Waals surface area contributed by atoms with Crippen LogP contribution in [0.1, 0.15) is 12.6 Å². The average molecular weight is 362 g/mol. The fraction of sp³-hybridized carbons (Fsp3) is 0.545. The third kappa shape index (κ3) is 3.07. The molecule has 1 aliphatic rings. The maximum absolute atomic E-state index is 11.8. The van der Waals surface area contributed by atoms with Gasteiger partial charge in [0.15, 0.2) is 11.2 Å². The second-order valence-electron chi connectivity index (χ2n) is 5.36. The van der Waals surface area contributed by atoms with Crippen molar-refractivity contribution in [3.8, 4) is 0 Å². The molecule has 3 rings (SSSR count). The van der Waals surface area contributed by atoms with E-state index in [0.29, 0.717) is 0 Å². The van der Waals surface area contributed by atoms with Gasteiger partial charge in [-0.15, -0.1) is 0 Å². The van der Waals surface area contributed by atoms with Crippen LogP contribution >= 0.6 is 7.82 Å². The molecule has 0 unspecified atom stereocenters. The molecule has 24 heavy (non-hydrogen) atoms. The normalized spacial score (nSPS) is 24.8. The summed E-state index contributed by atoms with van der Waals surface area (Å²) >= 11 is 0. The molecule has 132 valence electrons. The molecule has 0 aromatic carbocycles. The van der Waals surface area contributed by atoms with Crippen LogP contribution in [0, 0.1) is 0 Å². The van der Waals surface area contributed by atoms with E-state index < -0.39 is 44.1 Å². The van der Waals surface area contributed by atoms with Crippen LogP contribution in [-0.2, 0) is 20.9 Å². The lowest BCUT2D eigenvalue weighted by atomic mass is 10.2. The zero-order valence-electron chi connectivity index (χ0n) is 12.4. The van der Waals surface area contributed by atoms with E-state index in [1.807, 2.05) is 0 Å². The number of nitrogens with zero attached hydrogens (tertiary/aromatic N) is 3. The number of aliphatic hydroxyl groups excluding tert-OH is 1. The molecule has 13 heteroatoms. The number of nitrogens with one attached hydrogen (secondary N) is 1. The number of hydrogen-bond acceptors (Lipinski definition) is 7. The van der Waals surface area contributed by atoms with Crippen molar-refractivity contribution in [3.63, 3.8) is 0 Å². The number of hydrogen-bond donors (Lipinski definition) is 4. The van der Waals surface area contributed by atoms with E-state index in [4.69, 9.17) is 14.5 Å². The van der Waals surface area contributed by atoms with Gasteiger partial charge in [0.05, 0.1) is 19.0 Å². The fourth-order valence-electron chi connectivity index (χ4n) is 2.60. The highest BCUT2D eigenvalue weighted by Crippen LogP contribution is 2.38. The van der Waals surface area contributed by atoms with Crippen molar-refractivity contribution in [2.24, 2.45) is 7.05 Å². The SMILES string of the molecule is Cn1c(=O)[nH]c(=O)c2ncn([C@H]3C[C@H](O)[C@@H](COP(=O)(O)O)O3)c21. The van der Waals surface area contributed by atoms with Gasteiger partial charge in [0.1, 0.15) is 12.3 Å². The van der Waals surface area contributed by atoms with Gasteiger partial charge in [-0.1, -0.05) is 0 Å². The Morgan fingerprint density at radius 2 is 2.21 bits per heavy atom. The molecule has 2 aromatic heterocycles. The minimum atomic E-state index is -4.69. The van der Waals surface area contributed by atoms with Crippen LogP contribution in [0.15, 0.2) is 15.9 Å². The standard InChI is InChI=1S/C11H15N4O8P/c1-14-10-8(9(17)13-11(14)18)12-4-15(10)7-2-5(16)6(23-7)3-22-24(19,20)21/h4-7,16H,2-3H2,1H3,(H,13,17,18)(H2,19,20,21)/t5-,6+,7+/m0/s1. The maximum Gasteiger partial charge on any atom is 0.469 e. The molecule has 0 radical (unpaired) electrons. The molecule has 0 bridgehead atoms. The van der Waals surface area contributed by atoms with E-state index in [0.717, 1.165) is 0 Å². The Balaban J connectivity index is 1.91. The summed E-state index contributed by atoms with van der Waals surface area (Å²) in [5.41, 5.74) is -1.04. The first kappa shape index (κ1) is 17.0. The van der Waals surface area contributed by atoms with E-state index in [-0.39, 0.29) is 17.6 Å². The Morgan fingerprint density at radius 1 is 1.50 bits per heavy atom. The number of H-pyrrole nitrogens is 1. The van der Waals surface area contributed by atoms with Crippen molar-refractivity contribution in [3.05, 3.63) is 27.2 Å². The van der Waals surface area contributed by atoms with Gasteiger partial charge in [0.25, 0.3) is 5.56 Å². The summed E-state index contributed by atoms with van der Waals surface area (Å²) in [5, 5.41) is 9.98. The molecule has 3 heterocycles. The lowest BCUT2D eigenvalue weighted by Gasteiger charge is -2.16. The summed E-state index contributed by atoms with van der Waals surface area (Å²) in [6, 6.07) is 0. The Bertz CT molecular complexity index is 926. The largest absolute Gasteiger partial charge is 0.469 e. The molecular weight excluding hydrogens is 347 g/mol. The number of aromatic amines is 1. The predicted molar refractivity (Wildman–Crippen MR) is 78.1 cm³/mol. The Hall–Kier alpha value is -1.82. The summed E-state index contributed by atoms with van der Waals surface area (Å²) in [6.07, 6.45) is -1.43. The van der Waals surface area contributed by atoms with E-state index in [1.54, 1.807) is 0 Å². The molecule has 0 spiro atoms. The molecule has 3 atom stereocenters. The molecule has 2 aromatic rings. The summed E-state index contributed by atoms with van der Waals surface area (Å²) in [6.45, 7) is -0.506. The van der Waals surface area contributed by atoms with Crippen molar-refractivity contribution in [2.75, 3.05) is 6.61 Å². The van der Waals surface area contributed by atoms with Crippen LogP contribution in [0.3, 0.4) is 0 Å². The number of imidazole rings is 1. The monoisotopic (exact) mass is 362 g/mol. The van der Waals surface area contributed by atoms with Crippen molar-refractivity contribution in [1.82, 2.24) is 19.1 Å². The van der Waals surface area contributed by atoms with E-state index in [1.165, 1.54) is 22.5 Å². The second-order valence-corrected chi connectivity index (χ2v) is 6.60. The van der Waals surface area contributed by atoms with Crippen molar-refractivity contribution < 1.29 is 28.7 Å². The number of phosphoric ester groups is 1. The van der Waals surface area contributed by atoms with Crippen molar-refractivity contribution in [2.45, 2.75) is 24.9 Å². The first-order chi connectivity index (χ1) is 11.2. The zero-order valence-corrected chi connectivity index (χ0v) is 13.3. The zero-order chi connectivity index (χ0) is 17.6. The first-order valence-electron chi connectivity index (χ1n) is 6.87. The molecule has 1 saturated heterocycles. The number of ether oxygens (including phenoxy) is 1. The fourth-order valence-corrected chi connectivity index (χ4v) is 2.94. The smallest absolute Gasteiger partial charge is 0.390 e. The number of aromatic nitrogens is 4. The summed E-state index contributed by atoms with van der Waals surface area (Å²) in [5.74, 6) is 0. The summed E-state index contributed by atoms with van der Waals surface area (Å²) in [4.78, 5) is 47.0. The van der Waals surface area contributed by atoms with Crippen LogP contribution in [-0.4, -0.2) is 52.8 Å². The van der Waals surface area contributed by atoms with Crippen LogP contribution in [0.25, 0.3) is 11.2 Å². The molecule has 4 N–H and O–H groups in total. The summed E-state index contributed by atoms with van der Waals surface area (Å²) in [7, 11) is -3.24. The highest BCUT2D eigenvalue weighted by Gasteiger charge is 2.37. The Kier molecular flexibility index (Phi) is 4.20. The number of rotatable bonds is 4. The minimum absolute atomic E-state index is 0.0325. The number of phosphoric acid groups is 1. The van der Waals surface area contributed by atoms with Gasteiger partial charge < -0.3 is 19.6 Å². The van der Waals surface area contributed by atoms with Crippen molar-refractivity contribution in [1.29, 1.82) is 0 Å². The van der Waals surface area contributed by atoms with Gasteiger partial charge in [-0.05, 0) is 0 Å². The highest BCUT2D eigenvalue weighted by atomic mass is 31.2. The van der Waals surface area contributed by atoms with E-state index in [2.05, 4.69) is 14.5 Å². The molecule has 0 aliphatic carbocycles. The Morgan fingerprint density at radius 3 is 2.88 bits per heavy atom. The highest BCUT2D eigenvalue weighted by molar-refractivity contribution is 7.46. The molecule has 1 aliphatic heterocycles. The number of fused-ring (bicyclic) bond motifs is 1. The van der Waals surface area contributed by atoms with Crippen LogP contribution in [0.2, 0.25) is 0 Å². The van der Waals surface area contributed by atoms with Gasteiger partial charge in [-0.3, -0.25) is 23.4 Å². The van der Waals surface area contributed by atoms with Crippen LogP contribution in [0.4, 0.5) is 0 Å². The van der Waals surface area contributed by atoms with Crippen molar-refractivity contribution >= 4 is 19.0 Å². The lowest BCUT2D eigenvalue weighted by molar-refractivity contribution is -0.0425. The Labute approximate surface area is 133 Å². The topological polar surface area (TPSA) is 169 Å². The number of aryl methyl sites for hydroxylation is 1. The van der Waals surface area contributed by atoms with Gasteiger partial charge in [0.2, 0.25) is 0 Å². The minimum Gasteiger partial charge on any atom is -0.390 e. The molecule has 1 fully saturated rings. The quantitative estimate of drug-likeness (QED) is 0.457. The average Bonchev–Trinajstić information content (AvgIpc) is 3.06. The molecular formula is C11H15N4O8P. The lowest BCUT2D eigenvalue weighted by Crippen LogP contribution is -2.29. The third-order valence-electron chi connectivity index (χ3n) is 3.75. The molecule has 12 nitrogen and oxygen atoms in total. The van der Waals surface area contributed by atoms with Gasteiger partial charge >= 0.3 is 13.5 Å². The van der Waals surface area contributed by atoms with E-state index >= 15 is 0 Å². The summed E-state index contributed by atoms with van der Waals surface area (Å²) < 4.78 is 23.2. The number of aliphatic hydroxyl groups is 1. The van der Waals surface area contributed by atoms with Crippen LogP contribution in [0.5, 0.6) is 0 Å². The molecule has 0 amide bonds. The van der Waals surface area contributed by atoms with Gasteiger partial charge in [-0.2, -0.15) is 0 Å². The first-order valence-corrected chi connectivity index (χ1v) is 8.40. The van der Waals surface area contributed by atoms with Gasteiger partial charge in [0, 0.05) is 13.5 Å². The maximum atomic E-state index is 11.8. The van der Waals surface area contributed by atoms with Crippen LogP contribution < -0.4 is 11.2 Å². The second kappa shape index (κ2) is 5.92. The van der Waals surface area contributed by atoms with E-state index in [9.17, 15) is 19.3 Å². The third-order valence-corrected chi connectivity index (χ3v) is 4.23.